The molecule has 0 N–H and O–H groups in total. The zero-order chi connectivity index (χ0) is 59.2. The number of unbranched alkanes of at least 4 members (excludes halogenated alkanes) is 37. The van der Waals surface area contributed by atoms with E-state index in [0.717, 1.165) is 109 Å². The van der Waals surface area contributed by atoms with Crippen LogP contribution in [0.2, 0.25) is 0 Å². The van der Waals surface area contributed by atoms with E-state index in [-0.39, 0.29) is 31.1 Å². The first-order valence-electron chi connectivity index (χ1n) is 35.2. The highest BCUT2D eigenvalue weighted by molar-refractivity contribution is 5.71. The van der Waals surface area contributed by atoms with E-state index < -0.39 is 6.10 Å². The molecule has 0 rings (SSSR count). The quantitative estimate of drug-likeness (QED) is 0.0261. The highest BCUT2D eigenvalue weighted by Crippen LogP contribution is 2.18. The van der Waals surface area contributed by atoms with E-state index in [1.807, 2.05) is 0 Å². The molecule has 0 heterocycles. The van der Waals surface area contributed by atoms with Crippen molar-refractivity contribution in [1.82, 2.24) is 0 Å². The molecule has 1 unspecified atom stereocenters. The second kappa shape index (κ2) is 69.8. The Morgan fingerprint density at radius 1 is 0.256 bits per heavy atom. The molecule has 0 amide bonds. The van der Waals surface area contributed by atoms with Crippen LogP contribution in [0.1, 0.15) is 348 Å². The molecule has 0 fully saturated rings. The van der Waals surface area contributed by atoms with Gasteiger partial charge < -0.3 is 14.2 Å². The zero-order valence-electron chi connectivity index (χ0n) is 54.2. The van der Waals surface area contributed by atoms with Crippen LogP contribution in [0.25, 0.3) is 0 Å². The summed E-state index contributed by atoms with van der Waals surface area (Å²) in [6.45, 7) is 6.42. The summed E-state index contributed by atoms with van der Waals surface area (Å²) in [5.74, 6) is -0.866. The number of carbonyl (C=O) groups is 3. The fraction of sp³-hybridized carbons (Fsp3) is 0.750. The van der Waals surface area contributed by atoms with Crippen LogP contribution in [0, 0.1) is 0 Å². The average molecular weight is 1140 g/mol. The van der Waals surface area contributed by atoms with Gasteiger partial charge in [0, 0.05) is 19.3 Å². The number of carbonyl (C=O) groups excluding carboxylic acids is 3. The van der Waals surface area contributed by atoms with Crippen molar-refractivity contribution < 1.29 is 28.6 Å². The molecular weight excluding hydrogens is 1010 g/mol. The van der Waals surface area contributed by atoms with Gasteiger partial charge in [-0.1, -0.05) is 330 Å². The molecule has 0 saturated carbocycles. The van der Waals surface area contributed by atoms with Gasteiger partial charge in [0.05, 0.1) is 0 Å². The Balaban J connectivity index is 4.06. The minimum atomic E-state index is -0.776. The lowest BCUT2D eigenvalue weighted by Gasteiger charge is -2.18. The van der Waals surface area contributed by atoms with Crippen LogP contribution in [0.5, 0.6) is 0 Å². The summed E-state index contributed by atoms with van der Waals surface area (Å²) >= 11 is 0. The molecule has 6 nitrogen and oxygen atoms in total. The maximum atomic E-state index is 12.9. The molecular formula is C76H132O6. The Hall–Kier alpha value is -3.67. The normalized spacial score (nSPS) is 12.7. The summed E-state index contributed by atoms with van der Waals surface area (Å²) in [6.07, 6.45) is 94.6. The van der Waals surface area contributed by atoms with Crippen LogP contribution in [-0.2, 0) is 28.6 Å². The summed E-state index contributed by atoms with van der Waals surface area (Å²) in [5, 5.41) is 0. The van der Waals surface area contributed by atoms with Gasteiger partial charge in [0.2, 0.25) is 0 Å². The standard InChI is InChI=1S/C76H132O6/c1-4-7-10-13-16-19-21-23-25-27-29-31-33-34-35-36-37-38-39-40-41-42-44-45-47-49-51-53-55-57-60-63-66-69-75(78)81-72-73(71-80-74(77)68-65-62-59-18-15-12-9-6-3)82-76(79)70-67-64-61-58-56-54-52-50-48-46-43-32-30-28-26-24-22-20-17-14-11-8-5-2/h7-8,10-11,16-17,19-20,23-26,29-32,73H,4-6,9,12-15,18,21-22,27-28,33-72H2,1-3H3/b10-7-,11-8-,19-16-,20-17-,25-23-,26-24-,31-29-,32-30-. The van der Waals surface area contributed by atoms with Crippen molar-refractivity contribution in [2.45, 2.75) is 354 Å². The van der Waals surface area contributed by atoms with Gasteiger partial charge in [-0.2, -0.15) is 0 Å². The molecule has 0 aromatic rings. The molecule has 0 spiro atoms. The number of rotatable bonds is 64. The minimum Gasteiger partial charge on any atom is -0.462 e. The van der Waals surface area contributed by atoms with Crippen molar-refractivity contribution in [3.05, 3.63) is 97.2 Å². The zero-order valence-corrected chi connectivity index (χ0v) is 54.2. The molecule has 0 aliphatic carbocycles. The van der Waals surface area contributed by atoms with E-state index in [9.17, 15) is 14.4 Å². The van der Waals surface area contributed by atoms with Crippen molar-refractivity contribution in [3.8, 4) is 0 Å². The second-order valence-electron chi connectivity index (χ2n) is 23.4. The van der Waals surface area contributed by atoms with Crippen LogP contribution in [0.15, 0.2) is 97.2 Å². The topological polar surface area (TPSA) is 78.9 Å². The highest BCUT2D eigenvalue weighted by atomic mass is 16.6. The SMILES string of the molecule is CC/C=C\C/C=C\C/C=C\C/C=C\CCCCCCCCCCCCCCCCCCCCCCC(=O)OCC(COC(=O)CCCCCCCCCC)OC(=O)CCCCCCCCCCCC/C=C\C/C=C\C/C=C\C/C=C\CC. The first kappa shape index (κ1) is 78.3. The third-order valence-corrected chi connectivity index (χ3v) is 15.3. The molecule has 0 saturated heterocycles. The van der Waals surface area contributed by atoms with Gasteiger partial charge in [0.25, 0.3) is 0 Å². The van der Waals surface area contributed by atoms with E-state index in [4.69, 9.17) is 14.2 Å². The third-order valence-electron chi connectivity index (χ3n) is 15.3. The van der Waals surface area contributed by atoms with Crippen LogP contribution >= 0.6 is 0 Å². The Labute approximate surface area is 508 Å². The van der Waals surface area contributed by atoms with Crippen LogP contribution in [0.4, 0.5) is 0 Å². The first-order chi connectivity index (χ1) is 40.5. The first-order valence-corrected chi connectivity index (χ1v) is 35.2. The van der Waals surface area contributed by atoms with E-state index in [1.165, 1.54) is 199 Å². The molecule has 0 bridgehead atoms. The Morgan fingerprint density at radius 2 is 0.476 bits per heavy atom. The van der Waals surface area contributed by atoms with Gasteiger partial charge in [0.1, 0.15) is 13.2 Å². The Morgan fingerprint density at radius 3 is 0.744 bits per heavy atom. The average Bonchev–Trinajstić information content (AvgIpc) is 3.47. The summed E-state index contributed by atoms with van der Waals surface area (Å²) in [7, 11) is 0. The van der Waals surface area contributed by atoms with Crippen molar-refractivity contribution in [2.24, 2.45) is 0 Å². The number of esters is 3. The number of allylic oxidation sites excluding steroid dienone is 16. The fourth-order valence-electron chi connectivity index (χ4n) is 10.1. The smallest absolute Gasteiger partial charge is 0.306 e. The predicted molar refractivity (Wildman–Crippen MR) is 357 cm³/mol. The van der Waals surface area contributed by atoms with Gasteiger partial charge in [-0.15, -0.1) is 0 Å². The van der Waals surface area contributed by atoms with E-state index in [0.29, 0.717) is 19.3 Å². The van der Waals surface area contributed by atoms with Gasteiger partial charge in [-0.05, 0) is 96.3 Å². The maximum Gasteiger partial charge on any atom is 0.306 e. The fourth-order valence-corrected chi connectivity index (χ4v) is 10.1. The highest BCUT2D eigenvalue weighted by Gasteiger charge is 2.19. The molecule has 0 aliphatic rings. The monoisotopic (exact) mass is 1140 g/mol. The number of hydrogen-bond acceptors (Lipinski definition) is 6. The third kappa shape index (κ3) is 67.1. The summed E-state index contributed by atoms with van der Waals surface area (Å²) in [6, 6.07) is 0. The van der Waals surface area contributed by atoms with Crippen LogP contribution in [0.3, 0.4) is 0 Å². The van der Waals surface area contributed by atoms with E-state index in [2.05, 4.69) is 118 Å². The molecule has 6 heteroatoms. The van der Waals surface area contributed by atoms with Gasteiger partial charge in [0.15, 0.2) is 6.10 Å². The van der Waals surface area contributed by atoms with E-state index in [1.54, 1.807) is 0 Å². The summed E-state index contributed by atoms with van der Waals surface area (Å²) < 4.78 is 16.9. The molecule has 0 radical (unpaired) electrons. The lowest BCUT2D eigenvalue weighted by Crippen LogP contribution is -2.30. The van der Waals surface area contributed by atoms with Crippen molar-refractivity contribution in [1.29, 1.82) is 0 Å². The Bertz CT molecular complexity index is 1590. The second-order valence-corrected chi connectivity index (χ2v) is 23.4. The number of hydrogen-bond donors (Lipinski definition) is 0. The van der Waals surface area contributed by atoms with Gasteiger partial charge in [-0.3, -0.25) is 14.4 Å². The largest absolute Gasteiger partial charge is 0.462 e. The summed E-state index contributed by atoms with van der Waals surface area (Å²) in [5.41, 5.74) is 0. The minimum absolute atomic E-state index is 0.0741. The molecule has 0 aliphatic heterocycles. The predicted octanol–water partition coefficient (Wildman–Crippen LogP) is 24.4. The van der Waals surface area contributed by atoms with Crippen molar-refractivity contribution in [3.63, 3.8) is 0 Å². The van der Waals surface area contributed by atoms with Crippen LogP contribution in [-0.4, -0.2) is 37.2 Å². The molecule has 0 aromatic carbocycles. The molecule has 82 heavy (non-hydrogen) atoms. The molecule has 0 aromatic heterocycles. The lowest BCUT2D eigenvalue weighted by atomic mass is 10.0. The maximum absolute atomic E-state index is 12.9. The summed E-state index contributed by atoms with van der Waals surface area (Å²) in [4.78, 5) is 38.2. The van der Waals surface area contributed by atoms with Crippen molar-refractivity contribution in [2.75, 3.05) is 13.2 Å². The molecule has 472 valence electrons. The molecule has 1 atom stereocenters. The van der Waals surface area contributed by atoms with Gasteiger partial charge in [-0.25, -0.2) is 0 Å². The van der Waals surface area contributed by atoms with E-state index >= 15 is 0 Å². The van der Waals surface area contributed by atoms with Crippen molar-refractivity contribution >= 4 is 17.9 Å². The lowest BCUT2D eigenvalue weighted by molar-refractivity contribution is -0.167. The van der Waals surface area contributed by atoms with Gasteiger partial charge >= 0.3 is 17.9 Å². The van der Waals surface area contributed by atoms with Crippen LogP contribution < -0.4 is 0 Å². The Kier molecular flexibility index (Phi) is 66.7. The number of ether oxygens (including phenoxy) is 3.